The summed E-state index contributed by atoms with van der Waals surface area (Å²) in [6, 6.07) is 7.91. The molecular weight excluding hydrogens is 278 g/mol. The third kappa shape index (κ3) is 4.90. The van der Waals surface area contributed by atoms with Crippen LogP contribution in [0.4, 0.5) is 0 Å². The van der Waals surface area contributed by atoms with Gasteiger partial charge >= 0.3 is 6.00 Å². The van der Waals surface area contributed by atoms with Crippen LogP contribution >= 0.6 is 44.8 Å². The van der Waals surface area contributed by atoms with Gasteiger partial charge in [-0.05, 0) is 18.0 Å². The van der Waals surface area contributed by atoms with Crippen molar-refractivity contribution >= 4 is 50.8 Å². The van der Waals surface area contributed by atoms with Gasteiger partial charge in [0.25, 0.3) is 0 Å². The minimum Gasteiger partial charge on any atom is -0.126 e. The zero-order chi connectivity index (χ0) is 10.6. The van der Waals surface area contributed by atoms with Gasteiger partial charge in [0.1, 0.15) is 0 Å². The largest absolute Gasteiger partial charge is 0.341 e. The molecule has 0 heterocycles. The second-order valence-corrected chi connectivity index (χ2v) is 12.8. The third-order valence-electron chi connectivity index (χ3n) is 1.84. The van der Waals surface area contributed by atoms with E-state index in [1.165, 1.54) is 0 Å². The summed E-state index contributed by atoms with van der Waals surface area (Å²) in [5.41, 5.74) is 1.08. The Kier molecular flexibility index (Phi) is 5.08. The smallest absolute Gasteiger partial charge is 0.126 e. The molecule has 78 valence electrons. The molecule has 1 atom stereocenters. The quantitative estimate of drug-likeness (QED) is 0.415. The lowest BCUT2D eigenvalue weighted by Crippen LogP contribution is -2.09. The molecular formula is C9H10Cl4Si. The zero-order valence-electron chi connectivity index (χ0n) is 7.39. The van der Waals surface area contributed by atoms with E-state index in [0.717, 1.165) is 5.56 Å². The Bertz CT molecular complexity index is 270. The highest BCUT2D eigenvalue weighted by Gasteiger charge is 2.25. The van der Waals surface area contributed by atoms with E-state index >= 15 is 0 Å². The summed E-state index contributed by atoms with van der Waals surface area (Å²) in [6.07, 6.45) is 0.717. The molecule has 0 bridgehead atoms. The van der Waals surface area contributed by atoms with Crippen LogP contribution in [0, 0.1) is 0 Å². The van der Waals surface area contributed by atoms with Gasteiger partial charge in [0.15, 0.2) is 0 Å². The van der Waals surface area contributed by atoms with Crippen LogP contribution in [0.15, 0.2) is 30.3 Å². The first-order chi connectivity index (χ1) is 6.49. The van der Waals surface area contributed by atoms with Crippen LogP contribution in [0.2, 0.25) is 6.04 Å². The number of halogens is 4. The van der Waals surface area contributed by atoms with E-state index in [-0.39, 0.29) is 5.38 Å². The van der Waals surface area contributed by atoms with E-state index in [9.17, 15) is 0 Å². The van der Waals surface area contributed by atoms with E-state index in [4.69, 9.17) is 44.8 Å². The molecule has 0 N–H and O–H groups in total. The highest BCUT2D eigenvalue weighted by atomic mass is 35.8. The number of hydrogen-bond donors (Lipinski definition) is 0. The highest BCUT2D eigenvalue weighted by molar-refractivity contribution is 7.64. The van der Waals surface area contributed by atoms with Crippen molar-refractivity contribution in [3.63, 3.8) is 0 Å². The first kappa shape index (κ1) is 12.7. The molecule has 1 aromatic carbocycles. The second kappa shape index (κ2) is 5.62. The molecule has 1 unspecified atom stereocenters. The maximum atomic E-state index is 6.16. The first-order valence-electron chi connectivity index (χ1n) is 4.25. The molecule has 1 aromatic rings. The van der Waals surface area contributed by atoms with Gasteiger partial charge in [-0.1, -0.05) is 30.3 Å². The molecule has 0 aromatic heterocycles. The van der Waals surface area contributed by atoms with Gasteiger partial charge < -0.3 is 0 Å². The normalized spacial score (nSPS) is 14.0. The van der Waals surface area contributed by atoms with Gasteiger partial charge in [0.05, 0.1) is 5.38 Å². The lowest BCUT2D eigenvalue weighted by atomic mass is 10.1. The summed E-state index contributed by atoms with van der Waals surface area (Å²) in [6.45, 7) is 0. The van der Waals surface area contributed by atoms with Crippen LogP contribution in [-0.2, 0) is 0 Å². The van der Waals surface area contributed by atoms with Gasteiger partial charge in [-0.2, -0.15) is 0 Å². The van der Waals surface area contributed by atoms with Gasteiger partial charge in [-0.3, -0.25) is 0 Å². The van der Waals surface area contributed by atoms with Gasteiger partial charge in [0.2, 0.25) is 0 Å². The molecule has 0 aliphatic carbocycles. The monoisotopic (exact) mass is 286 g/mol. The summed E-state index contributed by atoms with van der Waals surface area (Å²) < 4.78 is 0. The van der Waals surface area contributed by atoms with E-state index in [2.05, 4.69) is 0 Å². The summed E-state index contributed by atoms with van der Waals surface area (Å²) in [5, 5.41) is -0.0562. The molecule has 0 amide bonds. The molecule has 0 aliphatic rings. The van der Waals surface area contributed by atoms with E-state index in [1.807, 2.05) is 30.3 Å². The summed E-state index contributed by atoms with van der Waals surface area (Å²) in [7, 11) is 0. The molecule has 0 aliphatic heterocycles. The second-order valence-electron chi connectivity index (χ2n) is 3.03. The Morgan fingerprint density at radius 1 is 1.07 bits per heavy atom. The van der Waals surface area contributed by atoms with E-state index in [0.29, 0.717) is 12.5 Å². The minimum absolute atomic E-state index is 0.0562. The molecule has 14 heavy (non-hydrogen) atoms. The SMILES string of the molecule is ClC(CC[Si](Cl)(Cl)Cl)c1ccccc1. The summed E-state index contributed by atoms with van der Waals surface area (Å²) >= 11 is 23.5. The average molecular weight is 288 g/mol. The Labute approximate surface area is 104 Å². The van der Waals surface area contributed by atoms with Crippen LogP contribution in [-0.4, -0.2) is 6.00 Å². The Morgan fingerprint density at radius 3 is 2.14 bits per heavy atom. The van der Waals surface area contributed by atoms with Crippen molar-refractivity contribution in [1.82, 2.24) is 0 Å². The number of hydrogen-bond acceptors (Lipinski definition) is 0. The van der Waals surface area contributed by atoms with Crippen LogP contribution in [0.25, 0.3) is 0 Å². The topological polar surface area (TPSA) is 0 Å². The number of benzene rings is 1. The van der Waals surface area contributed by atoms with Gasteiger partial charge in [-0.15, -0.1) is 44.8 Å². The van der Waals surface area contributed by atoms with Gasteiger partial charge in [-0.25, -0.2) is 0 Å². The predicted molar refractivity (Wildman–Crippen MR) is 67.8 cm³/mol. The summed E-state index contributed by atoms with van der Waals surface area (Å²) in [4.78, 5) is 0. The van der Waals surface area contributed by atoms with Crippen molar-refractivity contribution in [2.24, 2.45) is 0 Å². The maximum absolute atomic E-state index is 6.16. The Morgan fingerprint density at radius 2 is 1.64 bits per heavy atom. The van der Waals surface area contributed by atoms with Crippen LogP contribution < -0.4 is 0 Å². The van der Waals surface area contributed by atoms with E-state index < -0.39 is 6.00 Å². The first-order valence-corrected chi connectivity index (χ1v) is 9.93. The van der Waals surface area contributed by atoms with Crippen molar-refractivity contribution in [1.29, 1.82) is 0 Å². The van der Waals surface area contributed by atoms with Gasteiger partial charge in [0, 0.05) is 0 Å². The molecule has 0 saturated heterocycles. The minimum atomic E-state index is -2.52. The van der Waals surface area contributed by atoms with Crippen LogP contribution in [0.5, 0.6) is 0 Å². The fourth-order valence-electron chi connectivity index (χ4n) is 1.12. The van der Waals surface area contributed by atoms with Crippen molar-refractivity contribution < 1.29 is 0 Å². The van der Waals surface area contributed by atoms with Crippen molar-refractivity contribution in [3.05, 3.63) is 35.9 Å². The summed E-state index contributed by atoms with van der Waals surface area (Å²) in [5.74, 6) is 0. The molecule has 1 rings (SSSR count). The Balaban J connectivity index is 2.48. The Hall–Kier alpha value is 0.597. The molecule has 0 fully saturated rings. The van der Waals surface area contributed by atoms with Crippen LogP contribution in [0.3, 0.4) is 0 Å². The maximum Gasteiger partial charge on any atom is 0.341 e. The fraction of sp³-hybridized carbons (Fsp3) is 0.333. The lowest BCUT2D eigenvalue weighted by Gasteiger charge is -2.12. The van der Waals surface area contributed by atoms with Crippen molar-refractivity contribution in [3.8, 4) is 0 Å². The van der Waals surface area contributed by atoms with Crippen molar-refractivity contribution in [2.75, 3.05) is 0 Å². The van der Waals surface area contributed by atoms with Crippen LogP contribution in [0.1, 0.15) is 17.4 Å². The van der Waals surface area contributed by atoms with Crippen molar-refractivity contribution in [2.45, 2.75) is 17.8 Å². The fourth-order valence-corrected chi connectivity index (χ4v) is 3.15. The molecule has 0 nitrogen and oxygen atoms in total. The molecule has 0 saturated carbocycles. The molecule has 0 spiro atoms. The number of alkyl halides is 1. The predicted octanol–water partition coefficient (Wildman–Crippen LogP) is 5.01. The highest BCUT2D eigenvalue weighted by Crippen LogP contribution is 2.33. The third-order valence-corrected chi connectivity index (χ3v) is 4.87. The number of rotatable bonds is 4. The average Bonchev–Trinajstić information content (AvgIpc) is 2.14. The molecule has 5 heteroatoms. The zero-order valence-corrected chi connectivity index (χ0v) is 11.4. The molecule has 0 radical (unpaired) electrons. The standard InChI is InChI=1S/C9H10Cl4Si/c10-9(6-7-14(11,12)13)8-4-2-1-3-5-8/h1-5,9H,6-7H2. The van der Waals surface area contributed by atoms with E-state index in [1.54, 1.807) is 0 Å². The lowest BCUT2D eigenvalue weighted by molar-refractivity contribution is 0.878.